The minimum Gasteiger partial charge on any atom is -1.00 e. The first kappa shape index (κ1) is 17.3. The van der Waals surface area contributed by atoms with Crippen molar-refractivity contribution >= 4 is 49.7 Å². The van der Waals surface area contributed by atoms with Crippen molar-refractivity contribution in [3.8, 4) is 0 Å². The van der Waals surface area contributed by atoms with E-state index in [9.17, 15) is 4.79 Å². The lowest BCUT2D eigenvalue weighted by Gasteiger charge is -2.15. The lowest BCUT2D eigenvalue weighted by atomic mass is 10.0. The highest BCUT2D eigenvalue weighted by Crippen LogP contribution is 2.36. The molecule has 3 aromatic carbocycles. The number of benzene rings is 3. The van der Waals surface area contributed by atoms with Gasteiger partial charge in [0.1, 0.15) is 11.0 Å². The third-order valence-electron chi connectivity index (χ3n) is 4.96. The second-order valence-electron chi connectivity index (χ2n) is 6.57. The maximum Gasteiger partial charge on any atom is 0.382 e. The van der Waals surface area contributed by atoms with Gasteiger partial charge in [0.2, 0.25) is 5.36 Å². The number of fused-ring (bicyclic) bond motifs is 4. The number of carbonyl (C=O) groups excluding carboxylic acids is 1. The summed E-state index contributed by atoms with van der Waals surface area (Å²) in [5.74, 6) is -0.100. The van der Waals surface area contributed by atoms with Gasteiger partial charge >= 0.3 is 5.91 Å². The van der Waals surface area contributed by atoms with E-state index in [1.165, 1.54) is 6.92 Å². The van der Waals surface area contributed by atoms with E-state index in [0.717, 1.165) is 49.1 Å². The maximum atomic E-state index is 11.7. The van der Waals surface area contributed by atoms with Gasteiger partial charge in [-0.3, -0.25) is 0 Å². The Kier molecular flexibility index (Phi) is 4.01. The second-order valence-corrected chi connectivity index (χ2v) is 6.57. The fourth-order valence-corrected chi connectivity index (χ4v) is 3.88. The molecule has 2 heterocycles. The van der Waals surface area contributed by atoms with Gasteiger partial charge in [0.15, 0.2) is 5.58 Å². The number of para-hydroxylation sites is 1. The average Bonchev–Trinajstić information content (AvgIpc) is 2.65. The van der Waals surface area contributed by atoms with Crippen molar-refractivity contribution in [3.63, 3.8) is 0 Å². The van der Waals surface area contributed by atoms with Crippen LogP contribution < -0.4 is 22.8 Å². The van der Waals surface area contributed by atoms with E-state index in [0.29, 0.717) is 0 Å². The minimum absolute atomic E-state index is 0. The molecule has 0 saturated carbocycles. The molecule has 1 amide bonds. The van der Waals surface area contributed by atoms with E-state index in [1.54, 1.807) is 0 Å². The molecule has 0 aliphatic heterocycles. The van der Waals surface area contributed by atoms with Gasteiger partial charge in [-0.2, -0.15) is 4.99 Å². The molecule has 5 aromatic rings. The average molecular weight is 377 g/mol. The number of aromatic nitrogens is 1. The number of pyridine rings is 1. The molecule has 0 aliphatic carbocycles. The van der Waals surface area contributed by atoms with Gasteiger partial charge in [0, 0.05) is 23.9 Å². The van der Waals surface area contributed by atoms with E-state index < -0.39 is 0 Å². The topological polar surface area (TPSA) is 49.1 Å². The summed E-state index contributed by atoms with van der Waals surface area (Å²) in [7, 11) is 2.04. The summed E-state index contributed by atoms with van der Waals surface area (Å²) in [4.78, 5) is 14.7. The molecule has 0 spiro atoms. The summed E-state index contributed by atoms with van der Waals surface area (Å²) in [6.07, 6.45) is 0. The molecule has 5 rings (SSSR count). The molecule has 5 heteroatoms. The molecule has 4 nitrogen and oxygen atoms in total. The van der Waals surface area contributed by atoms with Gasteiger partial charge in [-0.25, -0.2) is 4.79 Å². The van der Waals surface area contributed by atoms with Gasteiger partial charge < -0.3 is 21.4 Å². The first-order valence-electron chi connectivity index (χ1n) is 8.57. The number of nitrogens with zero attached hydrogens (tertiary/aromatic N) is 1. The van der Waals surface area contributed by atoms with Crippen LogP contribution in [0.4, 0.5) is 0 Å². The Morgan fingerprint density at radius 1 is 0.889 bits per heavy atom. The van der Waals surface area contributed by atoms with Crippen LogP contribution in [0.2, 0.25) is 0 Å². The number of hydrogen-bond acceptors (Lipinski definition) is 2. The third kappa shape index (κ3) is 2.45. The molecular weight excluding hydrogens is 360 g/mol. The Balaban J connectivity index is 0.00000180. The van der Waals surface area contributed by atoms with Crippen LogP contribution in [0.5, 0.6) is 0 Å². The number of carbonyl (C=O) groups is 1. The zero-order valence-electron chi connectivity index (χ0n) is 14.9. The van der Waals surface area contributed by atoms with Gasteiger partial charge in [-0.1, -0.05) is 36.4 Å². The molecule has 2 aromatic heterocycles. The molecule has 27 heavy (non-hydrogen) atoms. The smallest absolute Gasteiger partial charge is 0.382 e. The third-order valence-corrected chi connectivity index (χ3v) is 4.96. The quantitative estimate of drug-likeness (QED) is 0.300. The van der Waals surface area contributed by atoms with Crippen molar-refractivity contribution in [2.45, 2.75) is 6.92 Å². The SMILES string of the molecule is CC(=O)[NH+]=c1cccc2c1c1oc3ccccc3c3cccc(c31)n2C.[Cl-]. The summed E-state index contributed by atoms with van der Waals surface area (Å²) in [6, 6.07) is 20.3. The van der Waals surface area contributed by atoms with Crippen LogP contribution in [0.25, 0.3) is 43.7 Å². The second kappa shape index (κ2) is 6.25. The minimum atomic E-state index is -0.100. The molecule has 1 N–H and O–H groups in total. The summed E-state index contributed by atoms with van der Waals surface area (Å²) >= 11 is 0. The van der Waals surface area contributed by atoms with Crippen LogP contribution >= 0.6 is 0 Å². The molecule has 0 fully saturated rings. The van der Waals surface area contributed by atoms with Crippen LogP contribution in [0.3, 0.4) is 0 Å². The van der Waals surface area contributed by atoms with E-state index >= 15 is 0 Å². The lowest BCUT2D eigenvalue weighted by molar-refractivity contribution is -0.413. The van der Waals surface area contributed by atoms with E-state index in [1.807, 2.05) is 43.4 Å². The number of hydrogen-bond donors (Lipinski definition) is 1. The van der Waals surface area contributed by atoms with Gasteiger partial charge in [0.25, 0.3) is 0 Å². The van der Waals surface area contributed by atoms with Gasteiger partial charge in [-0.05, 0) is 23.6 Å². The van der Waals surface area contributed by atoms with Crippen LogP contribution in [-0.4, -0.2) is 10.5 Å². The van der Waals surface area contributed by atoms with Crippen molar-refractivity contribution in [2.24, 2.45) is 7.05 Å². The fraction of sp³-hybridized carbons (Fsp3) is 0.0909. The maximum absolute atomic E-state index is 11.7. The number of halogens is 1. The Hall–Kier alpha value is -3.11. The molecule has 0 unspecified atom stereocenters. The van der Waals surface area contributed by atoms with Crippen molar-refractivity contribution in [2.75, 3.05) is 0 Å². The summed E-state index contributed by atoms with van der Waals surface area (Å²) in [6.45, 7) is 1.52. The monoisotopic (exact) mass is 376 g/mol. The van der Waals surface area contributed by atoms with E-state index in [2.05, 4.69) is 33.8 Å². The Bertz CT molecular complexity index is 1430. The number of aryl methyl sites for hydroxylation is 1. The number of amides is 1. The first-order chi connectivity index (χ1) is 12.6. The van der Waals surface area contributed by atoms with Crippen molar-refractivity contribution in [1.82, 2.24) is 4.57 Å². The summed E-state index contributed by atoms with van der Waals surface area (Å²) in [5.41, 5.74) is 3.74. The number of rotatable bonds is 0. The molecule has 0 radical (unpaired) electrons. The fourth-order valence-electron chi connectivity index (χ4n) is 3.88. The van der Waals surface area contributed by atoms with Gasteiger partial charge in [-0.15, -0.1) is 0 Å². The van der Waals surface area contributed by atoms with Crippen LogP contribution in [-0.2, 0) is 11.8 Å². The lowest BCUT2D eigenvalue weighted by Crippen LogP contribution is -3.00. The van der Waals surface area contributed by atoms with Crippen molar-refractivity contribution < 1.29 is 26.6 Å². The van der Waals surface area contributed by atoms with E-state index in [4.69, 9.17) is 4.42 Å². The molecule has 0 atom stereocenters. The van der Waals surface area contributed by atoms with Crippen molar-refractivity contribution in [1.29, 1.82) is 0 Å². The van der Waals surface area contributed by atoms with Crippen LogP contribution in [0.1, 0.15) is 6.92 Å². The Morgan fingerprint density at radius 2 is 1.56 bits per heavy atom. The number of nitrogens with one attached hydrogen (secondary N) is 1. The van der Waals surface area contributed by atoms with E-state index in [-0.39, 0.29) is 18.3 Å². The zero-order chi connectivity index (χ0) is 17.8. The Morgan fingerprint density at radius 3 is 2.33 bits per heavy atom. The molecule has 0 saturated heterocycles. The van der Waals surface area contributed by atoms with Crippen LogP contribution in [0.15, 0.2) is 65.1 Å². The van der Waals surface area contributed by atoms with Gasteiger partial charge in [0.05, 0.1) is 18.0 Å². The van der Waals surface area contributed by atoms with Crippen LogP contribution in [0, 0.1) is 0 Å². The predicted octanol–water partition coefficient (Wildman–Crippen LogP) is -0.237. The zero-order valence-corrected chi connectivity index (χ0v) is 15.7. The normalized spacial score (nSPS) is 12.1. The van der Waals surface area contributed by atoms with Crippen molar-refractivity contribution in [3.05, 3.63) is 66.0 Å². The summed E-state index contributed by atoms with van der Waals surface area (Å²) < 4.78 is 8.53. The molecule has 0 bridgehead atoms. The summed E-state index contributed by atoms with van der Waals surface area (Å²) in [5, 5.41) is 4.98. The molecular formula is C22H17ClN2O2. The highest BCUT2D eigenvalue weighted by Gasteiger charge is 2.17. The molecule has 0 aliphatic rings. The standard InChI is InChI=1S/C22H16N2O2.ClH/c1-13(25)23-16-9-6-11-18-21(16)22-20-15(8-5-10-17(20)24(18)2)14-7-3-4-12-19(14)26-22;/h3-12H,1-2H3;1H. The first-order valence-corrected chi connectivity index (χ1v) is 8.57. The highest BCUT2D eigenvalue weighted by molar-refractivity contribution is 6.22. The highest BCUT2D eigenvalue weighted by atomic mass is 35.5. The molecule has 134 valence electrons. The predicted molar refractivity (Wildman–Crippen MR) is 102 cm³/mol. The largest absolute Gasteiger partial charge is 1.00 e. The Labute approximate surface area is 161 Å².